The van der Waals surface area contributed by atoms with E-state index in [0.29, 0.717) is 36.5 Å². The number of pyridine rings is 1. The Morgan fingerprint density at radius 2 is 1.67 bits per heavy atom. The number of hydrogen-bond donors (Lipinski definition) is 1. The van der Waals surface area contributed by atoms with Gasteiger partial charge in [0.1, 0.15) is 30.3 Å². The lowest BCUT2D eigenvalue weighted by Crippen LogP contribution is -2.36. The molecule has 0 fully saturated rings. The first-order valence-corrected chi connectivity index (χ1v) is 15.6. The molecule has 214 valence electrons. The Morgan fingerprint density at radius 1 is 1.03 bits per heavy atom. The van der Waals surface area contributed by atoms with Gasteiger partial charge >= 0.3 is 12.1 Å². The molecule has 0 spiro atoms. The Morgan fingerprint density at radius 3 is 2.18 bits per heavy atom. The van der Waals surface area contributed by atoms with E-state index in [4.69, 9.17) is 9.47 Å². The number of rotatable bonds is 13. The van der Waals surface area contributed by atoms with Gasteiger partial charge in [-0.1, -0.05) is 13.8 Å². The van der Waals surface area contributed by atoms with Crippen molar-refractivity contribution in [3.8, 4) is 28.4 Å². The van der Waals surface area contributed by atoms with Crippen molar-refractivity contribution < 1.29 is 32.5 Å². The van der Waals surface area contributed by atoms with Crippen LogP contribution in [0.25, 0.3) is 22.6 Å². The highest BCUT2D eigenvalue weighted by Gasteiger charge is 2.36. The lowest BCUT2D eigenvalue weighted by molar-refractivity contribution is -0.151. The molecule has 1 aromatic carbocycles. The summed E-state index contributed by atoms with van der Waals surface area (Å²) in [5.74, 6) is 0.634. The van der Waals surface area contributed by atoms with E-state index in [2.05, 4.69) is 28.7 Å². The molecule has 0 aliphatic carbocycles. The molecule has 11 heteroatoms. The van der Waals surface area contributed by atoms with E-state index in [-0.39, 0.29) is 19.2 Å². The highest BCUT2D eigenvalue weighted by atomic mass is 32.3. The minimum atomic E-state index is -4.58. The first-order chi connectivity index (χ1) is 18.3. The number of imidazole rings is 1. The summed E-state index contributed by atoms with van der Waals surface area (Å²) in [6.45, 7) is 4.13. The molecule has 0 saturated carbocycles. The molecule has 0 radical (unpaired) electrons. The molecule has 0 amide bonds. The average Bonchev–Trinajstić information content (AvgIpc) is 3.32. The van der Waals surface area contributed by atoms with E-state index >= 15 is 0 Å². The maximum absolute atomic E-state index is 13.4. The summed E-state index contributed by atoms with van der Waals surface area (Å²) in [4.78, 5) is 20.0. The van der Waals surface area contributed by atoms with Gasteiger partial charge in [-0.3, -0.25) is 9.78 Å². The number of ether oxygens (including phenoxy) is 2. The van der Waals surface area contributed by atoms with Gasteiger partial charge in [0.05, 0.1) is 12.3 Å². The van der Waals surface area contributed by atoms with Crippen molar-refractivity contribution in [2.24, 2.45) is 5.41 Å². The van der Waals surface area contributed by atoms with Crippen molar-refractivity contribution in [1.82, 2.24) is 14.5 Å². The van der Waals surface area contributed by atoms with Crippen molar-refractivity contribution in [1.29, 1.82) is 0 Å². The van der Waals surface area contributed by atoms with Crippen LogP contribution in [0, 0.1) is 5.41 Å². The molecular weight excluding hydrogens is 531 g/mol. The van der Waals surface area contributed by atoms with E-state index in [1.54, 1.807) is 36.4 Å². The second-order valence-corrected chi connectivity index (χ2v) is 14.9. The fourth-order valence-electron chi connectivity index (χ4n) is 3.81. The third-order valence-corrected chi connectivity index (χ3v) is 8.02. The SMILES string of the molecule is CCC(CC)(COc1ccc(-c2ccc(-c3nc(C(F)(F)F)cn3COCCS(C)(C)C)cn2)cc1)C(=O)O. The second kappa shape index (κ2) is 12.4. The molecule has 0 aliphatic rings. The average molecular weight is 568 g/mol. The molecule has 2 heterocycles. The van der Waals surface area contributed by atoms with Crippen molar-refractivity contribution in [2.75, 3.05) is 37.7 Å². The number of nitrogens with zero attached hydrogens (tertiary/aromatic N) is 3. The topological polar surface area (TPSA) is 86.5 Å². The minimum Gasteiger partial charge on any atom is -0.492 e. The monoisotopic (exact) mass is 567 g/mol. The Hall–Kier alpha value is -3.05. The largest absolute Gasteiger partial charge is 0.492 e. The zero-order valence-corrected chi connectivity index (χ0v) is 23.7. The van der Waals surface area contributed by atoms with E-state index in [1.807, 2.05) is 13.8 Å². The van der Waals surface area contributed by atoms with Crippen molar-refractivity contribution in [3.63, 3.8) is 0 Å². The van der Waals surface area contributed by atoms with Gasteiger partial charge in [0.25, 0.3) is 0 Å². The van der Waals surface area contributed by atoms with Crippen molar-refractivity contribution in [2.45, 2.75) is 39.6 Å². The predicted octanol–water partition coefficient (Wildman–Crippen LogP) is 6.57. The van der Waals surface area contributed by atoms with Gasteiger partial charge in [-0.25, -0.2) is 15.0 Å². The van der Waals surface area contributed by atoms with E-state index in [0.717, 1.165) is 17.5 Å². The van der Waals surface area contributed by atoms with E-state index in [1.165, 1.54) is 10.8 Å². The molecule has 0 saturated heterocycles. The maximum atomic E-state index is 13.4. The molecule has 0 bridgehead atoms. The summed E-state index contributed by atoms with van der Waals surface area (Å²) in [5, 5.41) is 9.58. The van der Waals surface area contributed by atoms with Crippen LogP contribution in [0.3, 0.4) is 0 Å². The van der Waals surface area contributed by atoms with Gasteiger partial charge < -0.3 is 19.1 Å². The first kappa shape index (κ1) is 30.5. The zero-order chi connectivity index (χ0) is 28.8. The highest BCUT2D eigenvalue weighted by molar-refractivity contribution is 8.32. The third-order valence-electron chi connectivity index (χ3n) is 6.63. The summed E-state index contributed by atoms with van der Waals surface area (Å²) in [7, 11) is -0.780. The number of aliphatic carboxylic acids is 1. The Balaban J connectivity index is 1.75. The van der Waals surface area contributed by atoms with Crippen LogP contribution in [0.5, 0.6) is 5.75 Å². The summed E-state index contributed by atoms with van der Waals surface area (Å²) < 4.78 is 53.0. The van der Waals surface area contributed by atoms with E-state index in [9.17, 15) is 23.1 Å². The van der Waals surface area contributed by atoms with Gasteiger partial charge in [-0.05, 0) is 68.0 Å². The molecule has 0 aliphatic heterocycles. The smallest absolute Gasteiger partial charge is 0.434 e. The predicted molar refractivity (Wildman–Crippen MR) is 148 cm³/mol. The van der Waals surface area contributed by atoms with Gasteiger partial charge in [0, 0.05) is 29.3 Å². The van der Waals surface area contributed by atoms with Crippen LogP contribution >= 0.6 is 10.0 Å². The van der Waals surface area contributed by atoms with Crippen LogP contribution < -0.4 is 4.74 Å². The molecule has 39 heavy (non-hydrogen) atoms. The summed E-state index contributed by atoms with van der Waals surface area (Å²) >= 11 is 0. The zero-order valence-electron chi connectivity index (χ0n) is 22.9. The molecule has 0 unspecified atom stereocenters. The Labute approximate surface area is 228 Å². The second-order valence-electron chi connectivity index (χ2n) is 10.3. The van der Waals surface area contributed by atoms with Gasteiger partial charge in [0.2, 0.25) is 0 Å². The van der Waals surface area contributed by atoms with Crippen LogP contribution in [-0.4, -0.2) is 63.3 Å². The number of aromatic nitrogens is 3. The molecule has 3 rings (SSSR count). The number of benzene rings is 1. The maximum Gasteiger partial charge on any atom is 0.434 e. The third kappa shape index (κ3) is 7.98. The van der Waals surface area contributed by atoms with Gasteiger partial charge in [-0.2, -0.15) is 13.2 Å². The fourth-order valence-corrected chi connectivity index (χ4v) is 4.43. The number of hydrogen-bond acceptors (Lipinski definition) is 5. The lowest BCUT2D eigenvalue weighted by atomic mass is 9.83. The summed E-state index contributed by atoms with van der Waals surface area (Å²) in [6.07, 6.45) is 5.24. The molecule has 7 nitrogen and oxygen atoms in total. The number of carboxylic acid groups (broad SMARTS) is 1. The first-order valence-electron chi connectivity index (χ1n) is 12.6. The Bertz CT molecular complexity index is 1230. The molecule has 0 atom stereocenters. The Kier molecular flexibility index (Phi) is 9.71. The quantitative estimate of drug-likeness (QED) is 0.235. The summed E-state index contributed by atoms with van der Waals surface area (Å²) in [6, 6.07) is 10.5. The molecule has 1 N–H and O–H groups in total. The van der Waals surface area contributed by atoms with E-state index < -0.39 is 33.3 Å². The standard InChI is InChI=1S/C28H36F3N3O4S/c1-6-27(7-2,26(35)36)18-38-22-11-8-20(9-12-22)23-13-10-21(16-32-23)25-33-24(28(29,30)31)17-34(25)19-37-14-15-39(3,4)5/h8-13,16-17H,6-7,14-15,18-19H2,1-5H3,(H,35,36). The van der Waals surface area contributed by atoms with Crippen molar-refractivity contribution in [3.05, 3.63) is 54.5 Å². The molecule has 3 aromatic rings. The fraction of sp³-hybridized carbons (Fsp3) is 0.464. The van der Waals surface area contributed by atoms with Crippen LogP contribution in [-0.2, 0) is 22.4 Å². The highest BCUT2D eigenvalue weighted by Crippen LogP contribution is 2.34. The molecular formula is C28H36F3N3O4S. The van der Waals surface area contributed by atoms with Crippen LogP contribution in [0.1, 0.15) is 32.4 Å². The number of alkyl halides is 3. The molecule has 2 aromatic heterocycles. The van der Waals surface area contributed by atoms with Crippen molar-refractivity contribution >= 4 is 16.0 Å². The van der Waals surface area contributed by atoms with Crippen LogP contribution in [0.2, 0.25) is 0 Å². The van der Waals surface area contributed by atoms with Gasteiger partial charge in [-0.15, -0.1) is 0 Å². The van der Waals surface area contributed by atoms with Gasteiger partial charge in [0.15, 0.2) is 5.69 Å². The number of carbonyl (C=O) groups is 1. The minimum absolute atomic E-state index is 0.0453. The van der Waals surface area contributed by atoms with Crippen LogP contribution in [0.4, 0.5) is 13.2 Å². The normalized spacial score (nSPS) is 12.9. The summed E-state index contributed by atoms with van der Waals surface area (Å²) in [5.41, 5.74) is -0.0990. The number of halogens is 3. The number of carboxylic acids is 1. The van der Waals surface area contributed by atoms with Crippen LogP contribution in [0.15, 0.2) is 48.8 Å². The lowest BCUT2D eigenvalue weighted by Gasteiger charge is -2.26.